The van der Waals surface area contributed by atoms with Gasteiger partial charge >= 0.3 is 0 Å². The molecule has 0 fully saturated rings. The van der Waals surface area contributed by atoms with Gasteiger partial charge < -0.3 is 18.9 Å². The first-order valence-electron chi connectivity index (χ1n) is 42.7. The van der Waals surface area contributed by atoms with Gasteiger partial charge in [-0.25, -0.2) is 0 Å². The maximum Gasteiger partial charge on any atom is 0.142 e. The van der Waals surface area contributed by atoms with E-state index in [4.69, 9.17) is 18.9 Å². The summed E-state index contributed by atoms with van der Waals surface area (Å²) in [5.74, 6) is 6.71. The predicted octanol–water partition coefficient (Wildman–Crippen LogP) is 32.5. The summed E-state index contributed by atoms with van der Waals surface area (Å²) in [5.41, 5.74) is 0.887. The van der Waals surface area contributed by atoms with Crippen LogP contribution in [0.5, 0.6) is 17.2 Å². The molecule has 0 saturated heterocycles. The van der Waals surface area contributed by atoms with Gasteiger partial charge in [-0.3, -0.25) is 4.79 Å². The van der Waals surface area contributed by atoms with Crippen LogP contribution >= 0.6 is 45.3 Å². The molecule has 0 amide bonds. The number of unbranched alkanes of at least 4 members (excludes halogenated alkanes) is 32. The SMILES string of the molecule is CCCCCCCCCCCCC(CCCCCCCCCC)COc1cc(/C=C/OC)sc1-c1cc2c(s1)-c1sc(-c3sc(/C=C/C=O)cc3OCC(CCCCCCCCCC)CCCCCCCCCCCC)cc1C(CCC(C)CCCC(C)C)(CCC(C)CCCC(C)C)O2. The van der Waals surface area contributed by atoms with E-state index >= 15 is 0 Å². The number of aldehydes is 1. The van der Waals surface area contributed by atoms with Gasteiger partial charge in [0, 0.05) is 26.3 Å². The van der Waals surface area contributed by atoms with Crippen molar-refractivity contribution < 1.29 is 23.7 Å². The summed E-state index contributed by atoms with van der Waals surface area (Å²) in [6, 6.07) is 9.52. The van der Waals surface area contributed by atoms with Crippen LogP contribution < -0.4 is 14.2 Å². The van der Waals surface area contributed by atoms with E-state index < -0.39 is 5.60 Å². The number of ether oxygens (including phenoxy) is 4. The summed E-state index contributed by atoms with van der Waals surface area (Å²) >= 11 is 7.49. The van der Waals surface area contributed by atoms with Crippen LogP contribution in [0.15, 0.2) is 36.6 Å². The molecule has 4 aromatic heterocycles. The molecule has 4 unspecified atom stereocenters. The second kappa shape index (κ2) is 54.7. The van der Waals surface area contributed by atoms with Crippen molar-refractivity contribution in [2.45, 2.75) is 396 Å². The van der Waals surface area contributed by atoms with E-state index in [1.165, 1.54) is 330 Å². The standard InChI is InChI=1S/C91H152O5S4/c1-12-16-20-24-28-32-34-38-42-46-57-77(55-44-40-36-30-26-22-18-14-3)71-94-82-67-79(59-50-65-92)97-88(82)85-69-81-87(99-85)90-84(96-91(81,63-60-75(9)53-48-51-73(5)6)64-61-76(10)54-49-52-74(7)8)70-86(100-90)89-83(68-80(98-89)62-66-93-11)95-72-78(56-45-41-37-31-27-23-19-15-4)58-47-43-39-35-33-29-25-21-17-13-2/h50,59,62,65-70,73-78H,12-49,51-58,60-61,63-64,71-72H2,1-11H3/b59-50+,66-62+. The van der Waals surface area contributed by atoms with E-state index in [2.05, 4.69) is 99.6 Å². The van der Waals surface area contributed by atoms with Gasteiger partial charge in [0.1, 0.15) is 29.1 Å². The Balaban J connectivity index is 1.55. The summed E-state index contributed by atoms with van der Waals surface area (Å²) in [4.78, 5) is 21.7. The molecule has 0 radical (unpaired) electrons. The van der Waals surface area contributed by atoms with Crippen LogP contribution in [0.2, 0.25) is 0 Å². The van der Waals surface area contributed by atoms with Gasteiger partial charge in [0.05, 0.1) is 51.0 Å². The Labute approximate surface area is 633 Å². The second-order valence-corrected chi connectivity index (χ2v) is 36.5. The minimum Gasteiger partial charge on any atom is -0.504 e. The molecule has 4 aromatic rings. The lowest BCUT2D eigenvalue weighted by atomic mass is 9.78. The molecule has 9 heteroatoms. The van der Waals surface area contributed by atoms with Gasteiger partial charge in [-0.15, -0.1) is 45.3 Å². The van der Waals surface area contributed by atoms with E-state index in [0.29, 0.717) is 23.7 Å². The van der Waals surface area contributed by atoms with Crippen molar-refractivity contribution in [3.05, 3.63) is 51.9 Å². The van der Waals surface area contributed by atoms with E-state index in [0.717, 1.165) is 84.0 Å². The van der Waals surface area contributed by atoms with Crippen molar-refractivity contribution in [1.82, 2.24) is 0 Å². The first-order valence-corrected chi connectivity index (χ1v) is 46.0. The van der Waals surface area contributed by atoms with Crippen LogP contribution in [0.25, 0.3) is 41.4 Å². The first kappa shape index (κ1) is 87.8. The molecule has 4 atom stereocenters. The second-order valence-electron chi connectivity index (χ2n) is 32.2. The van der Waals surface area contributed by atoms with Crippen LogP contribution in [0.3, 0.4) is 0 Å². The first-order chi connectivity index (χ1) is 48.9. The topological polar surface area (TPSA) is 54.0 Å². The predicted molar refractivity (Wildman–Crippen MR) is 447 cm³/mol. The number of methoxy groups -OCH3 is 1. The molecule has 0 N–H and O–H groups in total. The average molecular weight is 1450 g/mol. The van der Waals surface area contributed by atoms with Gasteiger partial charge in [-0.2, -0.15) is 0 Å². The number of rotatable bonds is 66. The van der Waals surface area contributed by atoms with E-state index in [1.807, 2.05) is 46.3 Å². The molecule has 1 aliphatic heterocycles. The molecule has 570 valence electrons. The fourth-order valence-corrected chi connectivity index (χ4v) is 20.0. The van der Waals surface area contributed by atoms with Crippen LogP contribution in [0.1, 0.15) is 406 Å². The minimum atomic E-state index is -0.485. The number of carbonyl (C=O) groups is 1. The Kier molecular flexibility index (Phi) is 48.0. The lowest BCUT2D eigenvalue weighted by Crippen LogP contribution is -2.36. The lowest BCUT2D eigenvalue weighted by molar-refractivity contribution is -0.104. The zero-order valence-electron chi connectivity index (χ0n) is 66.6. The molecule has 0 aromatic carbocycles. The van der Waals surface area contributed by atoms with Crippen LogP contribution in [0, 0.1) is 35.5 Å². The summed E-state index contributed by atoms with van der Waals surface area (Å²) in [6.07, 6.45) is 74.1. The van der Waals surface area contributed by atoms with Gasteiger partial charge in [0.15, 0.2) is 0 Å². The van der Waals surface area contributed by atoms with Gasteiger partial charge in [-0.05, 0) is 123 Å². The van der Waals surface area contributed by atoms with Crippen molar-refractivity contribution in [3.8, 4) is 46.5 Å². The Bertz CT molecular complexity index is 2670. The quantitative estimate of drug-likeness (QED) is 0.0191. The zero-order chi connectivity index (χ0) is 71.7. The van der Waals surface area contributed by atoms with E-state index in [1.54, 1.807) is 24.5 Å². The van der Waals surface area contributed by atoms with E-state index in [-0.39, 0.29) is 0 Å². The van der Waals surface area contributed by atoms with Crippen molar-refractivity contribution in [3.63, 3.8) is 0 Å². The molecule has 5 heterocycles. The number of allylic oxidation sites excluding steroid dienone is 1. The zero-order valence-corrected chi connectivity index (χ0v) is 69.9. The van der Waals surface area contributed by atoms with Crippen LogP contribution in [-0.2, 0) is 15.1 Å². The number of fused-ring (bicyclic) bond motifs is 3. The fraction of sp³-hybridized carbons (Fsp3) is 0.769. The van der Waals surface area contributed by atoms with Crippen molar-refractivity contribution in [1.29, 1.82) is 0 Å². The Morgan fingerprint density at radius 2 is 0.750 bits per heavy atom. The lowest BCUT2D eigenvalue weighted by Gasteiger charge is -2.39. The molecule has 100 heavy (non-hydrogen) atoms. The highest BCUT2D eigenvalue weighted by atomic mass is 32.1. The largest absolute Gasteiger partial charge is 0.504 e. The van der Waals surface area contributed by atoms with Gasteiger partial charge in [-0.1, -0.05) is 339 Å². The van der Waals surface area contributed by atoms with Crippen molar-refractivity contribution in [2.24, 2.45) is 35.5 Å². The third kappa shape index (κ3) is 35.5. The van der Waals surface area contributed by atoms with Crippen LogP contribution in [0.4, 0.5) is 0 Å². The number of thiophene rings is 4. The van der Waals surface area contributed by atoms with Crippen molar-refractivity contribution in [2.75, 3.05) is 20.3 Å². The highest BCUT2D eigenvalue weighted by Crippen LogP contribution is 2.60. The molecular weight excluding hydrogens is 1300 g/mol. The number of carbonyl (C=O) groups excluding carboxylic acids is 1. The van der Waals surface area contributed by atoms with Crippen LogP contribution in [-0.4, -0.2) is 26.6 Å². The number of hydrogen-bond donors (Lipinski definition) is 0. The fourth-order valence-electron chi connectivity index (χ4n) is 15.3. The molecule has 0 spiro atoms. The molecule has 5 rings (SSSR count). The molecule has 0 saturated carbocycles. The monoisotopic (exact) mass is 1450 g/mol. The Morgan fingerprint density at radius 1 is 0.390 bits per heavy atom. The summed E-state index contributed by atoms with van der Waals surface area (Å²) in [5, 5.41) is 0. The summed E-state index contributed by atoms with van der Waals surface area (Å²) in [7, 11) is 1.75. The molecule has 0 bridgehead atoms. The highest BCUT2D eigenvalue weighted by molar-refractivity contribution is 7.29. The third-order valence-electron chi connectivity index (χ3n) is 21.9. The average Bonchev–Trinajstić information content (AvgIpc) is 1.56. The normalized spacial score (nSPS) is 15.1. The molecule has 1 aliphatic rings. The third-order valence-corrected chi connectivity index (χ3v) is 26.8. The van der Waals surface area contributed by atoms with Gasteiger partial charge in [0.25, 0.3) is 0 Å². The maximum atomic E-state index is 12.0. The highest BCUT2D eigenvalue weighted by Gasteiger charge is 2.44. The van der Waals surface area contributed by atoms with Crippen molar-refractivity contribution >= 4 is 63.8 Å². The smallest absolute Gasteiger partial charge is 0.142 e. The summed E-state index contributed by atoms with van der Waals surface area (Å²) < 4.78 is 28.1. The molecule has 5 nitrogen and oxygen atoms in total. The maximum absolute atomic E-state index is 12.0. The Hall–Kier alpha value is -2.85. The summed E-state index contributed by atoms with van der Waals surface area (Å²) in [6.45, 7) is 25.3. The number of hydrogen-bond acceptors (Lipinski definition) is 9. The molecule has 0 aliphatic carbocycles. The van der Waals surface area contributed by atoms with E-state index in [9.17, 15) is 4.79 Å². The minimum absolute atomic E-state index is 0.485. The Morgan fingerprint density at radius 3 is 1.12 bits per heavy atom. The molecular formula is C91H152O5S4. The van der Waals surface area contributed by atoms with Gasteiger partial charge in [0.2, 0.25) is 0 Å².